The van der Waals surface area contributed by atoms with Gasteiger partial charge in [-0.3, -0.25) is 14.9 Å². The van der Waals surface area contributed by atoms with Gasteiger partial charge in [-0.2, -0.15) is 0 Å². The number of hydrogen-bond donors (Lipinski definition) is 2. The third-order valence-electron chi connectivity index (χ3n) is 5.42. The Morgan fingerprint density at radius 3 is 2.87 bits per heavy atom. The quantitative estimate of drug-likeness (QED) is 0.667. The molecule has 2 heterocycles. The molecule has 1 aliphatic carbocycles. The van der Waals surface area contributed by atoms with Crippen LogP contribution in [-0.2, 0) is 9.59 Å². The van der Waals surface area contributed by atoms with Gasteiger partial charge in [0.1, 0.15) is 10.8 Å². The van der Waals surface area contributed by atoms with E-state index in [1.807, 2.05) is 25.1 Å². The first kappa shape index (κ1) is 20.7. The molecule has 1 unspecified atom stereocenters. The van der Waals surface area contributed by atoms with Crippen molar-refractivity contribution in [2.45, 2.75) is 51.0 Å². The van der Waals surface area contributed by atoms with Crippen molar-refractivity contribution in [3.8, 4) is 5.75 Å². The van der Waals surface area contributed by atoms with Gasteiger partial charge < -0.3 is 14.7 Å². The normalized spacial score (nSPS) is 19.8. The first-order valence-corrected chi connectivity index (χ1v) is 11.1. The van der Waals surface area contributed by atoms with Crippen LogP contribution in [0, 0.1) is 0 Å². The standard InChI is InChI=1S/C21H26N4O4S/c1-3-29-17-8-14(6-7-16(17)12(2)26)15-9-19(28)25(10-15)11-18(27)22-21-24-23-20(30-21)13-4-5-13/h6-8,12-13,15,26H,3-5,9-11H2,1-2H3,(H,22,24,27)/t12?,15-/m1/s1. The molecule has 2 atom stereocenters. The van der Waals surface area contributed by atoms with Crippen molar-refractivity contribution in [1.29, 1.82) is 0 Å². The third-order valence-corrected chi connectivity index (χ3v) is 6.42. The molecule has 160 valence electrons. The van der Waals surface area contributed by atoms with E-state index in [9.17, 15) is 14.7 Å². The summed E-state index contributed by atoms with van der Waals surface area (Å²) in [5.41, 5.74) is 1.70. The van der Waals surface area contributed by atoms with Gasteiger partial charge in [0.05, 0.1) is 19.3 Å². The molecular weight excluding hydrogens is 404 g/mol. The Morgan fingerprint density at radius 2 is 2.17 bits per heavy atom. The van der Waals surface area contributed by atoms with Crippen molar-refractivity contribution in [3.63, 3.8) is 0 Å². The summed E-state index contributed by atoms with van der Waals surface area (Å²) in [6, 6.07) is 5.66. The molecule has 8 nitrogen and oxygen atoms in total. The highest BCUT2D eigenvalue weighted by Gasteiger charge is 2.33. The molecule has 9 heteroatoms. The third kappa shape index (κ3) is 4.62. The number of nitrogens with one attached hydrogen (secondary N) is 1. The Bertz CT molecular complexity index is 941. The van der Waals surface area contributed by atoms with E-state index >= 15 is 0 Å². The van der Waals surface area contributed by atoms with Crippen LogP contribution in [0.5, 0.6) is 5.75 Å². The zero-order valence-corrected chi connectivity index (χ0v) is 17.9. The molecule has 30 heavy (non-hydrogen) atoms. The monoisotopic (exact) mass is 430 g/mol. The van der Waals surface area contributed by atoms with Crippen LogP contribution in [0.15, 0.2) is 18.2 Å². The van der Waals surface area contributed by atoms with E-state index in [2.05, 4.69) is 15.5 Å². The highest BCUT2D eigenvalue weighted by Crippen LogP contribution is 2.42. The predicted octanol–water partition coefficient (Wildman–Crippen LogP) is 2.82. The first-order chi connectivity index (χ1) is 14.4. The van der Waals surface area contributed by atoms with Gasteiger partial charge in [-0.25, -0.2) is 0 Å². The van der Waals surface area contributed by atoms with Crippen molar-refractivity contribution in [3.05, 3.63) is 34.3 Å². The van der Waals surface area contributed by atoms with Gasteiger partial charge in [-0.15, -0.1) is 10.2 Å². The second-order valence-corrected chi connectivity index (χ2v) is 8.86. The number of rotatable bonds is 8. The zero-order chi connectivity index (χ0) is 21.3. The lowest BCUT2D eigenvalue weighted by Crippen LogP contribution is -2.34. The molecule has 2 fully saturated rings. The number of nitrogens with zero attached hydrogens (tertiary/aromatic N) is 3. The van der Waals surface area contributed by atoms with Crippen LogP contribution in [0.25, 0.3) is 0 Å². The van der Waals surface area contributed by atoms with Crippen LogP contribution in [0.3, 0.4) is 0 Å². The van der Waals surface area contributed by atoms with Crippen LogP contribution < -0.4 is 10.1 Å². The van der Waals surface area contributed by atoms with Crippen molar-refractivity contribution in [1.82, 2.24) is 15.1 Å². The van der Waals surface area contributed by atoms with E-state index in [1.165, 1.54) is 11.3 Å². The number of likely N-dealkylation sites (tertiary alicyclic amines) is 1. The minimum Gasteiger partial charge on any atom is -0.493 e. The van der Waals surface area contributed by atoms with Crippen LogP contribution in [0.1, 0.15) is 67.2 Å². The van der Waals surface area contributed by atoms with Crippen LogP contribution in [-0.4, -0.2) is 51.7 Å². The predicted molar refractivity (Wildman–Crippen MR) is 113 cm³/mol. The van der Waals surface area contributed by atoms with Crippen molar-refractivity contribution < 1.29 is 19.4 Å². The molecule has 0 bridgehead atoms. The molecular formula is C21H26N4O4S. The maximum atomic E-state index is 12.5. The lowest BCUT2D eigenvalue weighted by Gasteiger charge is -2.18. The molecule has 1 aliphatic heterocycles. The number of anilines is 1. The molecule has 0 radical (unpaired) electrons. The first-order valence-electron chi connectivity index (χ1n) is 10.3. The molecule has 1 aromatic heterocycles. The maximum absolute atomic E-state index is 12.5. The molecule has 0 spiro atoms. The number of aliphatic hydroxyl groups is 1. The number of hydrogen-bond acceptors (Lipinski definition) is 7. The smallest absolute Gasteiger partial charge is 0.245 e. The van der Waals surface area contributed by atoms with Crippen LogP contribution >= 0.6 is 11.3 Å². The molecule has 2 aliphatic rings. The lowest BCUT2D eigenvalue weighted by atomic mass is 9.95. The number of amides is 2. The Hall–Kier alpha value is -2.52. The number of ether oxygens (including phenoxy) is 1. The second kappa shape index (κ2) is 8.69. The molecule has 1 aromatic carbocycles. The van der Waals surface area contributed by atoms with Gasteiger partial charge in [0.2, 0.25) is 16.9 Å². The van der Waals surface area contributed by atoms with Gasteiger partial charge in [0.15, 0.2) is 0 Å². The number of aromatic nitrogens is 2. The average Bonchev–Trinajstić information content (AvgIpc) is 3.35. The number of aliphatic hydroxyl groups excluding tert-OH is 1. The van der Waals surface area contributed by atoms with E-state index < -0.39 is 6.10 Å². The van der Waals surface area contributed by atoms with Gasteiger partial charge in [-0.1, -0.05) is 23.5 Å². The summed E-state index contributed by atoms with van der Waals surface area (Å²) in [5, 5.41) is 22.3. The number of carbonyl (C=O) groups is 2. The highest BCUT2D eigenvalue weighted by atomic mass is 32.1. The summed E-state index contributed by atoms with van der Waals surface area (Å²) in [4.78, 5) is 26.5. The summed E-state index contributed by atoms with van der Waals surface area (Å²) in [5.74, 6) is 0.799. The summed E-state index contributed by atoms with van der Waals surface area (Å²) in [6.45, 7) is 4.55. The number of benzene rings is 1. The zero-order valence-electron chi connectivity index (χ0n) is 17.1. The summed E-state index contributed by atoms with van der Waals surface area (Å²) in [6.07, 6.45) is 1.98. The van der Waals surface area contributed by atoms with E-state index in [-0.39, 0.29) is 24.3 Å². The number of carbonyl (C=O) groups excluding carboxylic acids is 2. The Labute approximate surface area is 179 Å². The van der Waals surface area contributed by atoms with Gasteiger partial charge in [0.25, 0.3) is 0 Å². The van der Waals surface area contributed by atoms with E-state index in [0.717, 1.165) is 29.0 Å². The minimum absolute atomic E-state index is 0.00223. The Balaban J connectivity index is 1.38. The Kier molecular flexibility index (Phi) is 6.01. The van der Waals surface area contributed by atoms with E-state index in [1.54, 1.807) is 11.8 Å². The van der Waals surface area contributed by atoms with Gasteiger partial charge in [0, 0.05) is 30.4 Å². The summed E-state index contributed by atoms with van der Waals surface area (Å²) >= 11 is 1.41. The Morgan fingerprint density at radius 1 is 1.37 bits per heavy atom. The van der Waals surface area contributed by atoms with Crippen molar-refractivity contribution in [2.24, 2.45) is 0 Å². The van der Waals surface area contributed by atoms with Crippen molar-refractivity contribution >= 4 is 28.3 Å². The summed E-state index contributed by atoms with van der Waals surface area (Å²) < 4.78 is 5.67. The molecule has 1 saturated carbocycles. The van der Waals surface area contributed by atoms with E-state index in [0.29, 0.717) is 36.4 Å². The SMILES string of the molecule is CCOc1cc([C@@H]2CC(=O)N(CC(=O)Nc3nnc(C4CC4)s3)C2)ccc1C(C)O. The molecule has 2 N–H and O–H groups in total. The lowest BCUT2D eigenvalue weighted by molar-refractivity contribution is -0.131. The van der Waals surface area contributed by atoms with Crippen LogP contribution in [0.4, 0.5) is 5.13 Å². The fourth-order valence-corrected chi connectivity index (χ4v) is 4.62. The van der Waals surface area contributed by atoms with Crippen LogP contribution in [0.2, 0.25) is 0 Å². The molecule has 4 rings (SSSR count). The second-order valence-electron chi connectivity index (χ2n) is 7.85. The highest BCUT2D eigenvalue weighted by molar-refractivity contribution is 7.15. The van der Waals surface area contributed by atoms with Crippen molar-refractivity contribution in [2.75, 3.05) is 25.0 Å². The van der Waals surface area contributed by atoms with E-state index in [4.69, 9.17) is 4.74 Å². The van der Waals surface area contributed by atoms with Gasteiger partial charge >= 0.3 is 0 Å². The fraction of sp³-hybridized carbons (Fsp3) is 0.524. The average molecular weight is 431 g/mol. The topological polar surface area (TPSA) is 105 Å². The maximum Gasteiger partial charge on any atom is 0.245 e. The fourth-order valence-electron chi connectivity index (χ4n) is 3.69. The van der Waals surface area contributed by atoms with Gasteiger partial charge in [-0.05, 0) is 38.3 Å². The summed E-state index contributed by atoms with van der Waals surface area (Å²) in [7, 11) is 0. The largest absolute Gasteiger partial charge is 0.493 e. The molecule has 1 saturated heterocycles. The molecule has 2 aromatic rings. The molecule has 2 amide bonds. The minimum atomic E-state index is -0.633.